The lowest BCUT2D eigenvalue weighted by molar-refractivity contribution is -0.124. The van der Waals surface area contributed by atoms with Gasteiger partial charge in [-0.3, -0.25) is 10.0 Å². The zero-order chi connectivity index (χ0) is 15.9. The van der Waals surface area contributed by atoms with Crippen LogP contribution in [0, 0.1) is 5.82 Å². The van der Waals surface area contributed by atoms with Gasteiger partial charge in [0.1, 0.15) is 6.61 Å². The maximum absolute atomic E-state index is 13.5. The summed E-state index contributed by atoms with van der Waals surface area (Å²) >= 11 is 5.67. The second-order valence-corrected chi connectivity index (χ2v) is 4.80. The number of halogens is 2. The van der Waals surface area contributed by atoms with E-state index in [1.807, 2.05) is 4.57 Å². The zero-order valence-corrected chi connectivity index (χ0v) is 12.3. The molecule has 0 bridgehead atoms. The van der Waals surface area contributed by atoms with Crippen LogP contribution < -0.4 is 10.2 Å². The van der Waals surface area contributed by atoms with Gasteiger partial charge in [-0.15, -0.1) is 0 Å². The van der Waals surface area contributed by atoms with E-state index < -0.39 is 11.7 Å². The van der Waals surface area contributed by atoms with Crippen molar-refractivity contribution in [3.63, 3.8) is 0 Å². The number of hydroxylamine groups is 1. The molecular weight excluding hydrogens is 311 g/mol. The van der Waals surface area contributed by atoms with Crippen LogP contribution in [0.5, 0.6) is 5.75 Å². The van der Waals surface area contributed by atoms with Crippen LogP contribution >= 0.6 is 11.6 Å². The van der Waals surface area contributed by atoms with Crippen LogP contribution in [0.25, 0.3) is 6.08 Å². The van der Waals surface area contributed by atoms with Crippen molar-refractivity contribution in [2.45, 2.75) is 6.54 Å². The Morgan fingerprint density at radius 2 is 2.27 bits per heavy atom. The van der Waals surface area contributed by atoms with E-state index in [9.17, 15) is 9.18 Å². The van der Waals surface area contributed by atoms with Crippen LogP contribution in [-0.2, 0) is 11.3 Å². The van der Waals surface area contributed by atoms with Gasteiger partial charge >= 0.3 is 0 Å². The Morgan fingerprint density at radius 1 is 1.45 bits per heavy atom. The standard InChI is InChI=1S/C15H14ClFN2O3/c16-11-3-5-14(13(17)10-11)22-9-8-19-7-1-2-12(19)4-6-15(20)18-21/h1-7,10,21H,8-9H2,(H,18,20). The monoisotopic (exact) mass is 324 g/mol. The molecule has 2 aromatic rings. The molecule has 1 aromatic heterocycles. The smallest absolute Gasteiger partial charge is 0.267 e. The minimum Gasteiger partial charge on any atom is -0.489 e. The molecule has 0 spiro atoms. The fourth-order valence-corrected chi connectivity index (χ4v) is 1.99. The molecule has 0 saturated heterocycles. The third-order valence-corrected chi connectivity index (χ3v) is 3.10. The van der Waals surface area contributed by atoms with Crippen molar-refractivity contribution in [2.75, 3.05) is 6.61 Å². The second kappa shape index (κ2) is 7.63. The summed E-state index contributed by atoms with van der Waals surface area (Å²) < 4.78 is 20.7. The first kappa shape index (κ1) is 16.1. The maximum Gasteiger partial charge on any atom is 0.267 e. The first-order valence-electron chi connectivity index (χ1n) is 6.45. The summed E-state index contributed by atoms with van der Waals surface area (Å²) in [7, 11) is 0. The van der Waals surface area contributed by atoms with Crippen molar-refractivity contribution >= 4 is 23.6 Å². The molecule has 0 radical (unpaired) electrons. The summed E-state index contributed by atoms with van der Waals surface area (Å²) in [4.78, 5) is 10.9. The van der Waals surface area contributed by atoms with Gasteiger partial charge in [-0.05, 0) is 36.4 Å². The molecule has 22 heavy (non-hydrogen) atoms. The molecule has 0 unspecified atom stereocenters. The number of hydrogen-bond acceptors (Lipinski definition) is 3. The highest BCUT2D eigenvalue weighted by Gasteiger charge is 2.04. The van der Waals surface area contributed by atoms with Gasteiger partial charge in [0, 0.05) is 23.0 Å². The average molecular weight is 325 g/mol. The number of rotatable bonds is 6. The molecule has 1 heterocycles. The van der Waals surface area contributed by atoms with Gasteiger partial charge < -0.3 is 9.30 Å². The number of carbonyl (C=O) groups excluding carboxylic acids is 1. The Labute approximate surface area is 131 Å². The van der Waals surface area contributed by atoms with E-state index in [1.165, 1.54) is 23.7 Å². The highest BCUT2D eigenvalue weighted by atomic mass is 35.5. The van der Waals surface area contributed by atoms with Crippen molar-refractivity contribution in [2.24, 2.45) is 0 Å². The normalized spacial score (nSPS) is 10.9. The molecule has 2 N–H and O–H groups in total. The van der Waals surface area contributed by atoms with Gasteiger partial charge in [0.05, 0.1) is 6.54 Å². The van der Waals surface area contributed by atoms with Crippen LogP contribution in [0.4, 0.5) is 4.39 Å². The number of aromatic nitrogens is 1. The molecule has 1 amide bonds. The fourth-order valence-electron chi connectivity index (χ4n) is 1.83. The maximum atomic E-state index is 13.5. The highest BCUT2D eigenvalue weighted by Crippen LogP contribution is 2.21. The lowest BCUT2D eigenvalue weighted by Gasteiger charge is -2.09. The predicted octanol–water partition coefficient (Wildman–Crippen LogP) is 2.88. The molecule has 1 aromatic carbocycles. The zero-order valence-electron chi connectivity index (χ0n) is 11.5. The Kier molecular flexibility index (Phi) is 5.57. The van der Waals surface area contributed by atoms with E-state index in [1.54, 1.807) is 30.5 Å². The van der Waals surface area contributed by atoms with E-state index >= 15 is 0 Å². The van der Waals surface area contributed by atoms with Gasteiger partial charge in [0.25, 0.3) is 5.91 Å². The van der Waals surface area contributed by atoms with Gasteiger partial charge in [-0.1, -0.05) is 11.6 Å². The number of hydrogen-bond donors (Lipinski definition) is 2. The summed E-state index contributed by atoms with van der Waals surface area (Å²) in [6.07, 6.45) is 4.55. The molecule has 0 saturated carbocycles. The SMILES string of the molecule is O=C(C=Cc1cccn1CCOc1ccc(Cl)cc1F)NO. The number of ether oxygens (including phenoxy) is 1. The van der Waals surface area contributed by atoms with Crippen molar-refractivity contribution in [1.29, 1.82) is 0 Å². The minimum absolute atomic E-state index is 0.133. The summed E-state index contributed by atoms with van der Waals surface area (Å²) in [5.41, 5.74) is 2.26. The number of benzene rings is 1. The summed E-state index contributed by atoms with van der Waals surface area (Å²) in [6, 6.07) is 7.81. The Morgan fingerprint density at radius 3 is 3.00 bits per heavy atom. The van der Waals surface area contributed by atoms with Gasteiger partial charge in [0.2, 0.25) is 0 Å². The minimum atomic E-state index is -0.618. The molecule has 0 aliphatic carbocycles. The number of carbonyl (C=O) groups is 1. The van der Waals surface area contributed by atoms with Crippen molar-refractivity contribution in [3.8, 4) is 5.75 Å². The van der Waals surface area contributed by atoms with E-state index in [2.05, 4.69) is 0 Å². The second-order valence-electron chi connectivity index (χ2n) is 4.36. The lowest BCUT2D eigenvalue weighted by Crippen LogP contribution is -2.15. The molecule has 7 heteroatoms. The largest absolute Gasteiger partial charge is 0.489 e. The van der Waals surface area contributed by atoms with Gasteiger partial charge in [-0.2, -0.15) is 0 Å². The van der Waals surface area contributed by atoms with E-state index in [4.69, 9.17) is 21.5 Å². The lowest BCUT2D eigenvalue weighted by atomic mass is 10.3. The molecule has 0 aliphatic rings. The number of nitrogens with one attached hydrogen (secondary N) is 1. The average Bonchev–Trinajstić information content (AvgIpc) is 2.94. The topological polar surface area (TPSA) is 63.5 Å². The molecule has 0 aliphatic heterocycles. The first-order valence-corrected chi connectivity index (χ1v) is 6.83. The summed E-state index contributed by atoms with van der Waals surface area (Å²) in [5, 5.41) is 8.73. The van der Waals surface area contributed by atoms with Crippen molar-refractivity contribution in [1.82, 2.24) is 10.0 Å². The Hall–Kier alpha value is -2.31. The van der Waals surface area contributed by atoms with Crippen LogP contribution in [0.15, 0.2) is 42.6 Å². The van der Waals surface area contributed by atoms with E-state index in [0.29, 0.717) is 11.6 Å². The molecule has 0 atom stereocenters. The summed E-state index contributed by atoms with van der Waals surface area (Å²) in [6.45, 7) is 0.718. The quantitative estimate of drug-likeness (QED) is 0.488. The molecule has 0 fully saturated rings. The Bertz CT molecular complexity index is 685. The predicted molar refractivity (Wildman–Crippen MR) is 80.3 cm³/mol. The van der Waals surface area contributed by atoms with Gasteiger partial charge in [-0.25, -0.2) is 9.87 Å². The molecule has 116 valence electrons. The molecular formula is C15H14ClFN2O3. The molecule has 2 rings (SSSR count). The van der Waals surface area contributed by atoms with Crippen LogP contribution in [-0.4, -0.2) is 22.3 Å². The van der Waals surface area contributed by atoms with Crippen molar-refractivity contribution < 1.29 is 19.1 Å². The third-order valence-electron chi connectivity index (χ3n) is 2.86. The highest BCUT2D eigenvalue weighted by molar-refractivity contribution is 6.30. The van der Waals surface area contributed by atoms with Crippen molar-refractivity contribution in [3.05, 3.63) is 59.1 Å². The third kappa shape index (κ3) is 4.34. The van der Waals surface area contributed by atoms with E-state index in [-0.39, 0.29) is 12.4 Å². The van der Waals surface area contributed by atoms with Crippen LogP contribution in [0.3, 0.4) is 0 Å². The fraction of sp³-hybridized carbons (Fsp3) is 0.133. The van der Waals surface area contributed by atoms with Crippen LogP contribution in [0.2, 0.25) is 5.02 Å². The first-order chi connectivity index (χ1) is 10.6. The number of amides is 1. The van der Waals surface area contributed by atoms with Gasteiger partial charge in [0.15, 0.2) is 11.6 Å². The number of nitrogens with zero attached hydrogens (tertiary/aromatic N) is 1. The van der Waals surface area contributed by atoms with E-state index in [0.717, 1.165) is 5.69 Å². The summed E-state index contributed by atoms with van der Waals surface area (Å²) in [5.74, 6) is -1.000. The molecule has 5 nitrogen and oxygen atoms in total. The Balaban J connectivity index is 1.94. The van der Waals surface area contributed by atoms with Crippen LogP contribution in [0.1, 0.15) is 5.69 Å².